The Morgan fingerprint density at radius 3 is 2.74 bits per heavy atom. The van der Waals surface area contributed by atoms with Crippen LogP contribution in [0.5, 0.6) is 0 Å². The standard InChI is InChI=1S/C17H17FN4O/c1-4-22-11(2)7-14(12(22)3)10-20-21-17(23)15-6-5-13(9-19)8-16(15)18/h5-8,10H,4H2,1-3H3,(H,21,23)/b20-10-. The zero-order valence-electron chi connectivity index (χ0n) is 13.2. The Morgan fingerprint density at radius 2 is 2.17 bits per heavy atom. The number of hydrogen-bond donors (Lipinski definition) is 1. The van der Waals surface area contributed by atoms with Gasteiger partial charge < -0.3 is 4.57 Å². The zero-order valence-corrected chi connectivity index (χ0v) is 13.2. The van der Waals surface area contributed by atoms with E-state index in [0.29, 0.717) is 0 Å². The van der Waals surface area contributed by atoms with E-state index < -0.39 is 11.7 Å². The van der Waals surface area contributed by atoms with Gasteiger partial charge in [-0.1, -0.05) is 0 Å². The Balaban J connectivity index is 2.12. The van der Waals surface area contributed by atoms with E-state index in [1.165, 1.54) is 18.3 Å². The van der Waals surface area contributed by atoms with E-state index in [-0.39, 0.29) is 11.1 Å². The maximum Gasteiger partial charge on any atom is 0.274 e. The highest BCUT2D eigenvalue weighted by Crippen LogP contribution is 2.13. The van der Waals surface area contributed by atoms with Crippen molar-refractivity contribution in [3.8, 4) is 6.07 Å². The van der Waals surface area contributed by atoms with E-state index in [1.54, 1.807) is 0 Å². The van der Waals surface area contributed by atoms with E-state index in [1.807, 2.05) is 26.0 Å². The molecule has 1 heterocycles. The van der Waals surface area contributed by atoms with Crippen LogP contribution in [0.4, 0.5) is 4.39 Å². The fourth-order valence-corrected chi connectivity index (χ4v) is 2.43. The van der Waals surface area contributed by atoms with Crippen LogP contribution in [-0.2, 0) is 6.54 Å². The second-order valence-electron chi connectivity index (χ2n) is 5.08. The molecule has 0 spiro atoms. The summed E-state index contributed by atoms with van der Waals surface area (Å²) in [5, 5.41) is 12.6. The molecule has 0 radical (unpaired) electrons. The van der Waals surface area contributed by atoms with Crippen molar-refractivity contribution in [2.75, 3.05) is 0 Å². The van der Waals surface area contributed by atoms with Crippen molar-refractivity contribution in [1.29, 1.82) is 5.26 Å². The van der Waals surface area contributed by atoms with Crippen molar-refractivity contribution >= 4 is 12.1 Å². The molecular weight excluding hydrogens is 295 g/mol. The van der Waals surface area contributed by atoms with Crippen LogP contribution in [0.25, 0.3) is 0 Å². The van der Waals surface area contributed by atoms with E-state index in [2.05, 4.69) is 22.0 Å². The Kier molecular flexibility index (Phi) is 4.91. The summed E-state index contributed by atoms with van der Waals surface area (Å²) in [5.41, 5.74) is 5.36. The molecule has 6 heteroatoms. The summed E-state index contributed by atoms with van der Waals surface area (Å²) in [6.45, 7) is 6.88. The highest BCUT2D eigenvalue weighted by molar-refractivity contribution is 5.95. The summed E-state index contributed by atoms with van der Waals surface area (Å²) >= 11 is 0. The van der Waals surface area contributed by atoms with Gasteiger partial charge in [-0.2, -0.15) is 10.4 Å². The second-order valence-corrected chi connectivity index (χ2v) is 5.08. The van der Waals surface area contributed by atoms with E-state index in [0.717, 1.165) is 29.6 Å². The van der Waals surface area contributed by atoms with Crippen molar-refractivity contribution in [2.24, 2.45) is 5.10 Å². The molecule has 0 saturated heterocycles. The Bertz CT molecular complexity index is 815. The van der Waals surface area contributed by atoms with Crippen LogP contribution in [0, 0.1) is 31.0 Å². The summed E-state index contributed by atoms with van der Waals surface area (Å²) in [4.78, 5) is 11.9. The van der Waals surface area contributed by atoms with Crippen LogP contribution in [0.3, 0.4) is 0 Å². The second kappa shape index (κ2) is 6.88. The maximum absolute atomic E-state index is 13.7. The number of aryl methyl sites for hydroxylation is 1. The molecule has 0 aliphatic heterocycles. The first-order chi connectivity index (χ1) is 11.0. The highest BCUT2D eigenvalue weighted by Gasteiger charge is 2.11. The number of hydrazone groups is 1. The molecule has 0 fully saturated rings. The smallest absolute Gasteiger partial charge is 0.274 e. The van der Waals surface area contributed by atoms with Gasteiger partial charge in [-0.3, -0.25) is 4.79 Å². The van der Waals surface area contributed by atoms with Crippen LogP contribution in [0.1, 0.15) is 39.8 Å². The monoisotopic (exact) mass is 312 g/mol. The number of halogens is 1. The molecule has 1 N–H and O–H groups in total. The predicted octanol–water partition coefficient (Wildman–Crippen LogP) is 2.90. The molecule has 1 aromatic carbocycles. The van der Waals surface area contributed by atoms with Crippen LogP contribution in [-0.4, -0.2) is 16.7 Å². The SMILES string of the molecule is CCn1c(C)cc(/C=N\NC(=O)c2ccc(C#N)cc2F)c1C. The lowest BCUT2D eigenvalue weighted by Crippen LogP contribution is -2.19. The van der Waals surface area contributed by atoms with Crippen LogP contribution >= 0.6 is 0 Å². The van der Waals surface area contributed by atoms with Gasteiger partial charge in [-0.05, 0) is 45.0 Å². The molecule has 2 aromatic rings. The Hall–Kier alpha value is -2.94. The van der Waals surface area contributed by atoms with Gasteiger partial charge in [0.15, 0.2) is 0 Å². The highest BCUT2D eigenvalue weighted by atomic mass is 19.1. The van der Waals surface area contributed by atoms with E-state index >= 15 is 0 Å². The van der Waals surface area contributed by atoms with Gasteiger partial charge >= 0.3 is 0 Å². The number of hydrogen-bond acceptors (Lipinski definition) is 3. The van der Waals surface area contributed by atoms with Crippen molar-refractivity contribution in [1.82, 2.24) is 9.99 Å². The van der Waals surface area contributed by atoms with Crippen molar-refractivity contribution in [3.63, 3.8) is 0 Å². The number of nitriles is 1. The van der Waals surface area contributed by atoms with Crippen LogP contribution < -0.4 is 5.43 Å². The minimum Gasteiger partial charge on any atom is -0.349 e. The lowest BCUT2D eigenvalue weighted by molar-refractivity contribution is 0.0951. The van der Waals surface area contributed by atoms with Gasteiger partial charge in [0.05, 0.1) is 23.4 Å². The third-order valence-corrected chi connectivity index (χ3v) is 3.64. The Morgan fingerprint density at radius 1 is 1.43 bits per heavy atom. The van der Waals surface area contributed by atoms with Crippen LogP contribution in [0.2, 0.25) is 0 Å². The summed E-state index contributed by atoms with van der Waals surface area (Å²) in [7, 11) is 0. The van der Waals surface area contributed by atoms with Crippen molar-refractivity contribution in [2.45, 2.75) is 27.3 Å². The Labute approximate surface area is 134 Å². The largest absolute Gasteiger partial charge is 0.349 e. The average Bonchev–Trinajstić information content (AvgIpc) is 2.80. The molecule has 0 aliphatic rings. The lowest BCUT2D eigenvalue weighted by atomic mass is 10.1. The molecule has 0 bridgehead atoms. The van der Waals surface area contributed by atoms with Crippen molar-refractivity contribution in [3.05, 3.63) is 58.2 Å². The normalized spacial score (nSPS) is 10.7. The van der Waals surface area contributed by atoms with Gasteiger partial charge in [0.1, 0.15) is 5.82 Å². The predicted molar refractivity (Wildman–Crippen MR) is 85.8 cm³/mol. The summed E-state index contributed by atoms with van der Waals surface area (Å²) in [6, 6.07) is 7.46. The third kappa shape index (κ3) is 3.46. The number of rotatable bonds is 4. The fourth-order valence-electron chi connectivity index (χ4n) is 2.43. The first kappa shape index (κ1) is 16.4. The number of amides is 1. The van der Waals surface area contributed by atoms with Gasteiger partial charge in [0.25, 0.3) is 5.91 Å². The number of benzene rings is 1. The zero-order chi connectivity index (χ0) is 17.0. The van der Waals surface area contributed by atoms with Gasteiger partial charge in [0, 0.05) is 23.5 Å². The number of nitrogens with one attached hydrogen (secondary N) is 1. The quantitative estimate of drug-likeness (QED) is 0.696. The number of carbonyl (C=O) groups excluding carboxylic acids is 1. The van der Waals surface area contributed by atoms with E-state index in [4.69, 9.17) is 5.26 Å². The molecule has 1 aromatic heterocycles. The minimum atomic E-state index is -0.749. The van der Waals surface area contributed by atoms with Gasteiger partial charge in [0.2, 0.25) is 0 Å². The van der Waals surface area contributed by atoms with Crippen LogP contribution in [0.15, 0.2) is 29.4 Å². The molecular formula is C17H17FN4O. The molecule has 118 valence electrons. The molecule has 0 unspecified atom stereocenters. The molecule has 0 atom stereocenters. The van der Waals surface area contributed by atoms with Gasteiger partial charge in [-0.25, -0.2) is 9.82 Å². The first-order valence-corrected chi connectivity index (χ1v) is 7.17. The summed E-state index contributed by atoms with van der Waals surface area (Å²) in [5.74, 6) is -1.41. The average molecular weight is 312 g/mol. The lowest BCUT2D eigenvalue weighted by Gasteiger charge is -2.04. The molecule has 0 aliphatic carbocycles. The molecule has 5 nitrogen and oxygen atoms in total. The minimum absolute atomic E-state index is 0.153. The van der Waals surface area contributed by atoms with Crippen molar-refractivity contribution < 1.29 is 9.18 Å². The number of carbonyl (C=O) groups is 1. The molecule has 23 heavy (non-hydrogen) atoms. The third-order valence-electron chi connectivity index (χ3n) is 3.64. The van der Waals surface area contributed by atoms with E-state index in [9.17, 15) is 9.18 Å². The molecule has 0 saturated carbocycles. The summed E-state index contributed by atoms with van der Waals surface area (Å²) in [6.07, 6.45) is 1.54. The number of nitrogens with zero attached hydrogens (tertiary/aromatic N) is 3. The first-order valence-electron chi connectivity index (χ1n) is 7.17. The maximum atomic E-state index is 13.7. The number of aromatic nitrogens is 1. The summed E-state index contributed by atoms with van der Waals surface area (Å²) < 4.78 is 15.9. The molecule has 1 amide bonds. The van der Waals surface area contributed by atoms with Gasteiger partial charge in [-0.15, -0.1) is 0 Å². The topological polar surface area (TPSA) is 70.2 Å². The molecule has 2 rings (SSSR count). The fraction of sp³-hybridized carbons (Fsp3) is 0.235.